The molecule has 0 bridgehead atoms. The lowest BCUT2D eigenvalue weighted by Crippen LogP contribution is -2.31. The second kappa shape index (κ2) is 7.79. The third kappa shape index (κ3) is 5.30. The van der Waals surface area contributed by atoms with Crippen molar-refractivity contribution >= 4 is 23.5 Å². The first-order valence-corrected chi connectivity index (χ1v) is 6.57. The number of carbonyl (C=O) groups excluding carboxylic acids is 2. The van der Waals surface area contributed by atoms with Gasteiger partial charge in [-0.1, -0.05) is 29.8 Å². The third-order valence-electron chi connectivity index (χ3n) is 2.66. The summed E-state index contributed by atoms with van der Waals surface area (Å²) < 4.78 is 4.84. The molecule has 0 aromatic heterocycles. The van der Waals surface area contributed by atoms with E-state index in [9.17, 15) is 9.59 Å². The summed E-state index contributed by atoms with van der Waals surface area (Å²) in [5, 5.41) is 0.616. The highest BCUT2D eigenvalue weighted by molar-refractivity contribution is 6.31. The van der Waals surface area contributed by atoms with Crippen molar-refractivity contribution in [3.63, 3.8) is 0 Å². The fraction of sp³-hybridized carbons (Fsp3) is 0.429. The Morgan fingerprint density at radius 1 is 1.32 bits per heavy atom. The molecule has 0 radical (unpaired) electrons. The number of esters is 1. The molecule has 0 atom stereocenters. The zero-order valence-electron chi connectivity index (χ0n) is 11.2. The molecule has 1 rings (SSSR count). The van der Waals surface area contributed by atoms with Crippen LogP contribution in [0.1, 0.15) is 25.8 Å². The summed E-state index contributed by atoms with van der Waals surface area (Å²) in [5.41, 5.74) is 0.864. The standard InChI is InChI=1S/C14H18ClNO3/c1-3-19-14(18)8-9-16(11(2)17)10-12-6-4-5-7-13(12)15/h4-7H,3,8-10H2,1-2H3. The molecule has 5 heteroatoms. The van der Waals surface area contributed by atoms with Crippen molar-refractivity contribution in [2.75, 3.05) is 13.2 Å². The van der Waals surface area contributed by atoms with Crippen LogP contribution >= 0.6 is 11.6 Å². The summed E-state index contributed by atoms with van der Waals surface area (Å²) in [6.45, 7) is 4.31. The molecule has 0 saturated carbocycles. The van der Waals surface area contributed by atoms with E-state index in [4.69, 9.17) is 16.3 Å². The number of hydrogen-bond acceptors (Lipinski definition) is 3. The second-order valence-corrected chi connectivity index (χ2v) is 4.49. The van der Waals surface area contributed by atoms with Crippen LogP contribution in [0.3, 0.4) is 0 Å². The molecule has 0 spiro atoms. The normalized spacial score (nSPS) is 10.1. The van der Waals surface area contributed by atoms with Crippen molar-refractivity contribution in [2.24, 2.45) is 0 Å². The van der Waals surface area contributed by atoms with Gasteiger partial charge in [0.2, 0.25) is 5.91 Å². The minimum Gasteiger partial charge on any atom is -0.466 e. The lowest BCUT2D eigenvalue weighted by Gasteiger charge is -2.21. The third-order valence-corrected chi connectivity index (χ3v) is 3.02. The molecule has 0 fully saturated rings. The van der Waals surface area contributed by atoms with E-state index in [0.29, 0.717) is 24.7 Å². The molecule has 4 nitrogen and oxygen atoms in total. The largest absolute Gasteiger partial charge is 0.466 e. The SMILES string of the molecule is CCOC(=O)CCN(Cc1ccccc1Cl)C(C)=O. The molecule has 104 valence electrons. The Balaban J connectivity index is 2.61. The summed E-state index contributed by atoms with van der Waals surface area (Å²) in [7, 11) is 0. The Kier molecular flexibility index (Phi) is 6.36. The lowest BCUT2D eigenvalue weighted by molar-refractivity contribution is -0.144. The summed E-state index contributed by atoms with van der Waals surface area (Å²) in [4.78, 5) is 24.4. The van der Waals surface area contributed by atoms with Gasteiger partial charge in [-0.2, -0.15) is 0 Å². The van der Waals surface area contributed by atoms with Crippen LogP contribution < -0.4 is 0 Å². The Morgan fingerprint density at radius 3 is 2.58 bits per heavy atom. The molecule has 0 aliphatic carbocycles. The Bertz CT molecular complexity index is 448. The maximum Gasteiger partial charge on any atom is 0.307 e. The Labute approximate surface area is 118 Å². The number of amides is 1. The molecule has 0 saturated heterocycles. The van der Waals surface area contributed by atoms with Gasteiger partial charge in [0.25, 0.3) is 0 Å². The summed E-state index contributed by atoms with van der Waals surface area (Å²) in [5.74, 6) is -0.392. The van der Waals surface area contributed by atoms with E-state index in [1.165, 1.54) is 6.92 Å². The molecule has 0 N–H and O–H groups in total. The van der Waals surface area contributed by atoms with Crippen molar-refractivity contribution in [1.82, 2.24) is 4.90 Å². The lowest BCUT2D eigenvalue weighted by atomic mass is 10.2. The first-order valence-electron chi connectivity index (χ1n) is 6.19. The maximum atomic E-state index is 11.6. The first-order chi connectivity index (χ1) is 9.04. The number of ether oxygens (including phenoxy) is 1. The van der Waals surface area contributed by atoms with Gasteiger partial charge in [-0.05, 0) is 18.6 Å². The van der Waals surface area contributed by atoms with Gasteiger partial charge in [-0.15, -0.1) is 0 Å². The topological polar surface area (TPSA) is 46.6 Å². The van der Waals surface area contributed by atoms with E-state index in [0.717, 1.165) is 5.56 Å². The highest BCUT2D eigenvalue weighted by Gasteiger charge is 2.13. The summed E-state index contributed by atoms with van der Waals surface area (Å²) >= 11 is 6.06. The number of benzene rings is 1. The second-order valence-electron chi connectivity index (χ2n) is 4.09. The molecular formula is C14H18ClNO3. The van der Waals surface area contributed by atoms with Gasteiger partial charge in [0.05, 0.1) is 13.0 Å². The molecule has 0 unspecified atom stereocenters. The number of nitrogens with zero attached hydrogens (tertiary/aromatic N) is 1. The average Bonchev–Trinajstić information content (AvgIpc) is 2.36. The summed E-state index contributed by atoms with van der Waals surface area (Å²) in [6.07, 6.45) is 0.192. The van der Waals surface area contributed by atoms with Crippen molar-refractivity contribution in [3.8, 4) is 0 Å². The molecular weight excluding hydrogens is 266 g/mol. The van der Waals surface area contributed by atoms with Gasteiger partial charge in [-0.3, -0.25) is 9.59 Å². The van der Waals surface area contributed by atoms with E-state index in [-0.39, 0.29) is 18.3 Å². The van der Waals surface area contributed by atoms with Crippen molar-refractivity contribution in [3.05, 3.63) is 34.9 Å². The number of rotatable bonds is 6. The Hall–Kier alpha value is -1.55. The van der Waals surface area contributed by atoms with Crippen LogP contribution in [0.5, 0.6) is 0 Å². The minimum absolute atomic E-state index is 0.0933. The van der Waals surface area contributed by atoms with Gasteiger partial charge < -0.3 is 9.64 Å². The van der Waals surface area contributed by atoms with Crippen LogP contribution in [0.2, 0.25) is 5.02 Å². The molecule has 1 aromatic carbocycles. The molecule has 1 amide bonds. The molecule has 1 aromatic rings. The average molecular weight is 284 g/mol. The van der Waals surface area contributed by atoms with Crippen LogP contribution in [0.25, 0.3) is 0 Å². The van der Waals surface area contributed by atoms with Crippen LogP contribution in [0.4, 0.5) is 0 Å². The van der Waals surface area contributed by atoms with Gasteiger partial charge in [0, 0.05) is 25.0 Å². The van der Waals surface area contributed by atoms with Crippen LogP contribution in [0, 0.1) is 0 Å². The minimum atomic E-state index is -0.298. The van der Waals surface area contributed by atoms with E-state index >= 15 is 0 Å². The number of halogens is 1. The molecule has 0 aliphatic heterocycles. The Morgan fingerprint density at radius 2 is 2.00 bits per heavy atom. The van der Waals surface area contributed by atoms with E-state index < -0.39 is 0 Å². The van der Waals surface area contributed by atoms with Crippen molar-refractivity contribution < 1.29 is 14.3 Å². The maximum absolute atomic E-state index is 11.6. The predicted octanol–water partition coefficient (Wildman–Crippen LogP) is 2.64. The van der Waals surface area contributed by atoms with Gasteiger partial charge in [0.15, 0.2) is 0 Å². The fourth-order valence-corrected chi connectivity index (χ4v) is 1.83. The highest BCUT2D eigenvalue weighted by atomic mass is 35.5. The van der Waals surface area contributed by atoms with E-state index in [1.54, 1.807) is 17.9 Å². The van der Waals surface area contributed by atoms with Gasteiger partial charge >= 0.3 is 5.97 Å². The van der Waals surface area contributed by atoms with Gasteiger partial charge in [0.1, 0.15) is 0 Å². The molecule has 19 heavy (non-hydrogen) atoms. The van der Waals surface area contributed by atoms with Gasteiger partial charge in [-0.25, -0.2) is 0 Å². The van der Waals surface area contributed by atoms with Crippen molar-refractivity contribution in [1.29, 1.82) is 0 Å². The quantitative estimate of drug-likeness (QED) is 0.754. The zero-order chi connectivity index (χ0) is 14.3. The van der Waals surface area contributed by atoms with Crippen LogP contribution in [0.15, 0.2) is 24.3 Å². The fourth-order valence-electron chi connectivity index (χ4n) is 1.64. The molecule has 0 aliphatic rings. The van der Waals surface area contributed by atoms with Crippen LogP contribution in [-0.2, 0) is 20.9 Å². The van der Waals surface area contributed by atoms with E-state index in [2.05, 4.69) is 0 Å². The van der Waals surface area contributed by atoms with Crippen LogP contribution in [-0.4, -0.2) is 29.9 Å². The number of hydrogen-bond donors (Lipinski definition) is 0. The zero-order valence-corrected chi connectivity index (χ0v) is 11.9. The van der Waals surface area contributed by atoms with E-state index in [1.807, 2.05) is 18.2 Å². The first kappa shape index (κ1) is 15.5. The smallest absolute Gasteiger partial charge is 0.307 e. The molecule has 0 heterocycles. The monoisotopic (exact) mass is 283 g/mol. The number of carbonyl (C=O) groups is 2. The predicted molar refractivity (Wildman–Crippen MR) is 73.8 cm³/mol. The highest BCUT2D eigenvalue weighted by Crippen LogP contribution is 2.17. The van der Waals surface area contributed by atoms with Crippen molar-refractivity contribution in [2.45, 2.75) is 26.8 Å². The summed E-state index contributed by atoms with van der Waals surface area (Å²) in [6, 6.07) is 7.34.